The lowest BCUT2D eigenvalue weighted by Crippen LogP contribution is -2.33. The second kappa shape index (κ2) is 7.84. The minimum atomic E-state index is 0.238. The van der Waals surface area contributed by atoms with Crippen LogP contribution in [0, 0.1) is 5.92 Å². The summed E-state index contributed by atoms with van der Waals surface area (Å²) < 4.78 is 6.05. The van der Waals surface area contributed by atoms with Crippen molar-refractivity contribution in [2.75, 3.05) is 6.54 Å². The van der Waals surface area contributed by atoms with Crippen molar-refractivity contribution in [3.05, 3.63) is 29.8 Å². The Hall–Kier alpha value is -1.02. The van der Waals surface area contributed by atoms with Crippen molar-refractivity contribution >= 4 is 0 Å². The van der Waals surface area contributed by atoms with E-state index in [0.29, 0.717) is 12.0 Å². The average molecular weight is 289 g/mol. The molecule has 2 unspecified atom stereocenters. The number of nitrogens with one attached hydrogen (secondary N) is 1. The van der Waals surface area contributed by atoms with Crippen LogP contribution in [0.2, 0.25) is 0 Å². The topological polar surface area (TPSA) is 21.3 Å². The van der Waals surface area contributed by atoms with E-state index in [0.717, 1.165) is 18.2 Å². The van der Waals surface area contributed by atoms with Gasteiger partial charge in [0, 0.05) is 6.04 Å². The Bertz CT molecular complexity index is 427. The van der Waals surface area contributed by atoms with Crippen LogP contribution in [-0.2, 0) is 0 Å². The molecule has 0 spiro atoms. The summed E-state index contributed by atoms with van der Waals surface area (Å²) in [5.41, 5.74) is 1.42. The Morgan fingerprint density at radius 3 is 2.52 bits per heavy atom. The van der Waals surface area contributed by atoms with Gasteiger partial charge in [-0.3, -0.25) is 0 Å². The number of ether oxygens (including phenoxy) is 1. The van der Waals surface area contributed by atoms with Gasteiger partial charge in [-0.2, -0.15) is 0 Å². The molecule has 118 valence electrons. The Labute approximate surface area is 130 Å². The molecule has 0 radical (unpaired) electrons. The van der Waals surface area contributed by atoms with Gasteiger partial charge in [0.1, 0.15) is 5.75 Å². The minimum Gasteiger partial charge on any atom is -0.491 e. The summed E-state index contributed by atoms with van der Waals surface area (Å²) in [5, 5.41) is 3.63. The van der Waals surface area contributed by atoms with E-state index in [1.807, 2.05) is 0 Å². The number of hydrogen-bond acceptors (Lipinski definition) is 2. The third-order valence-electron chi connectivity index (χ3n) is 4.38. The van der Waals surface area contributed by atoms with Gasteiger partial charge in [0.05, 0.1) is 6.10 Å². The molecule has 1 aromatic rings. The number of hydrogen-bond donors (Lipinski definition) is 1. The first-order valence-corrected chi connectivity index (χ1v) is 8.57. The van der Waals surface area contributed by atoms with Gasteiger partial charge in [-0.1, -0.05) is 44.9 Å². The summed E-state index contributed by atoms with van der Waals surface area (Å²) in [6.07, 6.45) is 5.58. The van der Waals surface area contributed by atoms with Crippen molar-refractivity contribution in [3.63, 3.8) is 0 Å². The molecule has 1 aromatic carbocycles. The Kier molecular flexibility index (Phi) is 6.10. The molecule has 1 aliphatic rings. The highest BCUT2D eigenvalue weighted by molar-refractivity contribution is 5.37. The normalized spacial score (nSPS) is 22.8. The fourth-order valence-corrected chi connectivity index (χ4v) is 3.40. The van der Waals surface area contributed by atoms with E-state index in [1.165, 1.54) is 31.2 Å². The molecule has 1 saturated carbocycles. The zero-order chi connectivity index (χ0) is 15.2. The molecule has 0 aliphatic heterocycles. The van der Waals surface area contributed by atoms with Gasteiger partial charge in [0.25, 0.3) is 0 Å². The van der Waals surface area contributed by atoms with E-state index in [9.17, 15) is 0 Å². The van der Waals surface area contributed by atoms with Gasteiger partial charge < -0.3 is 10.1 Å². The van der Waals surface area contributed by atoms with Crippen LogP contribution in [0.3, 0.4) is 0 Å². The summed E-state index contributed by atoms with van der Waals surface area (Å²) >= 11 is 0. The first-order chi connectivity index (χ1) is 10.1. The Morgan fingerprint density at radius 2 is 1.81 bits per heavy atom. The smallest absolute Gasteiger partial charge is 0.123 e. The van der Waals surface area contributed by atoms with Gasteiger partial charge in [0.2, 0.25) is 0 Å². The molecule has 0 saturated heterocycles. The predicted molar refractivity (Wildman–Crippen MR) is 90.0 cm³/mol. The van der Waals surface area contributed by atoms with Crippen molar-refractivity contribution in [1.29, 1.82) is 0 Å². The fourth-order valence-electron chi connectivity index (χ4n) is 3.40. The maximum absolute atomic E-state index is 6.05. The highest BCUT2D eigenvalue weighted by Crippen LogP contribution is 2.41. The molecule has 1 aliphatic carbocycles. The fraction of sp³-hybridized carbons (Fsp3) is 0.684. The van der Waals surface area contributed by atoms with Crippen LogP contribution in [0.15, 0.2) is 24.3 Å². The molecule has 2 nitrogen and oxygen atoms in total. The number of rotatable bonds is 6. The van der Waals surface area contributed by atoms with Crippen molar-refractivity contribution in [1.82, 2.24) is 5.32 Å². The van der Waals surface area contributed by atoms with Crippen LogP contribution in [0.1, 0.15) is 64.9 Å². The van der Waals surface area contributed by atoms with Crippen LogP contribution in [-0.4, -0.2) is 18.7 Å². The Balaban J connectivity index is 2.16. The van der Waals surface area contributed by atoms with Crippen LogP contribution in [0.4, 0.5) is 0 Å². The molecule has 1 N–H and O–H groups in total. The highest BCUT2D eigenvalue weighted by atomic mass is 16.5. The van der Waals surface area contributed by atoms with Crippen LogP contribution < -0.4 is 10.1 Å². The van der Waals surface area contributed by atoms with Gasteiger partial charge in [-0.25, -0.2) is 0 Å². The van der Waals surface area contributed by atoms with Gasteiger partial charge >= 0.3 is 0 Å². The van der Waals surface area contributed by atoms with Crippen LogP contribution in [0.25, 0.3) is 0 Å². The molecule has 1 fully saturated rings. The number of benzene rings is 1. The lowest BCUT2D eigenvalue weighted by Gasteiger charge is -2.34. The third kappa shape index (κ3) is 4.74. The third-order valence-corrected chi connectivity index (χ3v) is 4.38. The zero-order valence-electron chi connectivity index (χ0n) is 14.1. The number of para-hydroxylation sites is 1. The maximum Gasteiger partial charge on any atom is 0.123 e. The molecular weight excluding hydrogens is 258 g/mol. The summed E-state index contributed by atoms with van der Waals surface area (Å²) in [7, 11) is 0. The quantitative estimate of drug-likeness (QED) is 0.816. The van der Waals surface area contributed by atoms with E-state index < -0.39 is 0 Å². The van der Waals surface area contributed by atoms with E-state index in [-0.39, 0.29) is 6.10 Å². The second-order valence-electron chi connectivity index (χ2n) is 6.92. The Morgan fingerprint density at radius 1 is 1.10 bits per heavy atom. The largest absolute Gasteiger partial charge is 0.491 e. The summed E-state index contributed by atoms with van der Waals surface area (Å²) in [6.45, 7) is 9.80. The monoisotopic (exact) mass is 289 g/mol. The highest BCUT2D eigenvalue weighted by Gasteiger charge is 2.28. The average Bonchev–Trinajstić information content (AvgIpc) is 2.45. The minimum absolute atomic E-state index is 0.238. The molecule has 0 heterocycles. The summed E-state index contributed by atoms with van der Waals surface area (Å²) in [4.78, 5) is 0. The molecule has 2 atom stereocenters. The molecule has 0 aromatic heterocycles. The van der Waals surface area contributed by atoms with Crippen molar-refractivity contribution < 1.29 is 4.74 Å². The second-order valence-corrected chi connectivity index (χ2v) is 6.92. The molecule has 21 heavy (non-hydrogen) atoms. The zero-order valence-corrected chi connectivity index (χ0v) is 14.1. The van der Waals surface area contributed by atoms with Crippen molar-refractivity contribution in [3.8, 4) is 5.75 Å². The van der Waals surface area contributed by atoms with E-state index in [4.69, 9.17) is 4.74 Å². The lowest BCUT2D eigenvalue weighted by molar-refractivity contribution is 0.229. The first kappa shape index (κ1) is 16.4. The van der Waals surface area contributed by atoms with E-state index in [2.05, 4.69) is 57.3 Å². The van der Waals surface area contributed by atoms with Gasteiger partial charge in [0.15, 0.2) is 0 Å². The molecule has 0 amide bonds. The van der Waals surface area contributed by atoms with Gasteiger partial charge in [-0.05, 0) is 56.7 Å². The SMILES string of the molecule is CC(C)NCC1CCCCC1c1ccccc1OC(C)C. The first-order valence-electron chi connectivity index (χ1n) is 8.57. The summed E-state index contributed by atoms with van der Waals surface area (Å²) in [5.74, 6) is 2.46. The molecule has 0 bridgehead atoms. The van der Waals surface area contributed by atoms with Crippen molar-refractivity contribution in [2.45, 2.75) is 71.4 Å². The van der Waals surface area contributed by atoms with Crippen molar-refractivity contribution in [2.24, 2.45) is 5.92 Å². The lowest BCUT2D eigenvalue weighted by atomic mass is 9.75. The van der Waals surface area contributed by atoms with E-state index in [1.54, 1.807) is 0 Å². The van der Waals surface area contributed by atoms with Crippen LogP contribution >= 0.6 is 0 Å². The molecule has 2 heteroatoms. The van der Waals surface area contributed by atoms with Crippen LogP contribution in [0.5, 0.6) is 5.75 Å². The molecular formula is C19H31NO. The summed E-state index contributed by atoms with van der Waals surface area (Å²) in [6, 6.07) is 9.22. The van der Waals surface area contributed by atoms with E-state index >= 15 is 0 Å². The maximum atomic E-state index is 6.05. The standard InChI is InChI=1S/C19H31NO/c1-14(2)20-13-16-9-5-6-10-17(16)18-11-7-8-12-19(18)21-15(3)4/h7-8,11-12,14-17,20H,5-6,9-10,13H2,1-4H3. The van der Waals surface area contributed by atoms with Gasteiger partial charge in [-0.15, -0.1) is 0 Å². The predicted octanol–water partition coefficient (Wildman–Crippen LogP) is 4.75. The molecule has 2 rings (SSSR count).